The van der Waals surface area contributed by atoms with Crippen LogP contribution in [0.2, 0.25) is 0 Å². The number of aromatic nitrogens is 2. The predicted molar refractivity (Wildman–Crippen MR) is 77.1 cm³/mol. The Morgan fingerprint density at radius 2 is 1.83 bits per heavy atom. The van der Waals surface area contributed by atoms with E-state index in [1.54, 1.807) is 0 Å². The van der Waals surface area contributed by atoms with Gasteiger partial charge >= 0.3 is 0 Å². The Labute approximate surface area is 117 Å². The molecule has 0 unspecified atom stereocenters. The third kappa shape index (κ3) is 2.40. The first-order chi connectivity index (χ1) is 8.79. The van der Waals surface area contributed by atoms with E-state index in [0.29, 0.717) is 11.8 Å². The Bertz CT molecular complexity index is 437. The summed E-state index contributed by atoms with van der Waals surface area (Å²) in [7, 11) is 0. The van der Waals surface area contributed by atoms with Crippen LogP contribution in [-0.2, 0) is 0 Å². The van der Waals surface area contributed by atoms with Gasteiger partial charge in [-0.1, -0.05) is 12.8 Å². The first-order valence-corrected chi connectivity index (χ1v) is 7.90. The van der Waals surface area contributed by atoms with Gasteiger partial charge < -0.3 is 5.32 Å². The van der Waals surface area contributed by atoms with Crippen LogP contribution in [0, 0.1) is 0 Å². The van der Waals surface area contributed by atoms with Crippen molar-refractivity contribution >= 4 is 21.7 Å². The molecule has 2 saturated carbocycles. The van der Waals surface area contributed by atoms with Crippen LogP contribution in [0.25, 0.3) is 0 Å². The van der Waals surface area contributed by atoms with Crippen LogP contribution in [0.3, 0.4) is 0 Å². The number of anilines is 1. The van der Waals surface area contributed by atoms with Crippen molar-refractivity contribution in [3.05, 3.63) is 16.0 Å². The molecule has 0 atom stereocenters. The van der Waals surface area contributed by atoms with Gasteiger partial charge in [0.25, 0.3) is 0 Å². The van der Waals surface area contributed by atoms with E-state index in [-0.39, 0.29) is 0 Å². The number of nitrogens with one attached hydrogen (secondary N) is 1. The number of halogens is 1. The monoisotopic (exact) mass is 309 g/mol. The van der Waals surface area contributed by atoms with Crippen molar-refractivity contribution in [1.82, 2.24) is 9.97 Å². The normalized spacial score (nSPS) is 20.3. The molecule has 0 radical (unpaired) electrons. The molecule has 0 bridgehead atoms. The second kappa shape index (κ2) is 5.16. The van der Waals surface area contributed by atoms with Crippen LogP contribution in [0.1, 0.15) is 68.8 Å². The van der Waals surface area contributed by atoms with Crippen molar-refractivity contribution in [2.75, 3.05) is 11.9 Å². The smallest absolute Gasteiger partial charge is 0.144 e. The van der Waals surface area contributed by atoms with Crippen LogP contribution in [-0.4, -0.2) is 16.5 Å². The van der Waals surface area contributed by atoms with Gasteiger partial charge in [-0.25, -0.2) is 9.97 Å². The molecule has 2 aliphatic carbocycles. The second-order valence-corrected chi connectivity index (χ2v) is 6.21. The maximum atomic E-state index is 4.86. The van der Waals surface area contributed by atoms with Crippen LogP contribution >= 0.6 is 15.9 Å². The molecule has 3 nitrogen and oxygen atoms in total. The van der Waals surface area contributed by atoms with E-state index in [1.165, 1.54) is 44.2 Å². The molecule has 98 valence electrons. The number of nitrogens with zero attached hydrogens (tertiary/aromatic N) is 2. The molecule has 2 fully saturated rings. The molecule has 1 N–H and O–H groups in total. The molecule has 18 heavy (non-hydrogen) atoms. The lowest BCUT2D eigenvalue weighted by Gasteiger charge is -2.14. The second-order valence-electron chi connectivity index (χ2n) is 5.42. The molecule has 1 heterocycles. The largest absolute Gasteiger partial charge is 0.369 e. The number of hydrogen-bond acceptors (Lipinski definition) is 3. The topological polar surface area (TPSA) is 37.8 Å². The molecular weight excluding hydrogens is 290 g/mol. The molecule has 1 aromatic rings. The summed E-state index contributed by atoms with van der Waals surface area (Å²) in [6.07, 6.45) is 7.75. The molecule has 0 spiro atoms. The fraction of sp³-hybridized carbons (Fsp3) is 0.714. The SMILES string of the molecule is CCNc1nc(C2CCCC2)nc(C2CC2)c1Br. The maximum Gasteiger partial charge on any atom is 0.144 e. The highest BCUT2D eigenvalue weighted by atomic mass is 79.9. The lowest BCUT2D eigenvalue weighted by atomic mass is 10.1. The highest BCUT2D eigenvalue weighted by Gasteiger charge is 2.31. The Morgan fingerprint density at radius 3 is 2.44 bits per heavy atom. The Morgan fingerprint density at radius 1 is 1.11 bits per heavy atom. The van der Waals surface area contributed by atoms with Gasteiger partial charge in [0.05, 0.1) is 10.2 Å². The average Bonchev–Trinajstić information content (AvgIpc) is 3.06. The van der Waals surface area contributed by atoms with Crippen molar-refractivity contribution in [2.24, 2.45) is 0 Å². The summed E-state index contributed by atoms with van der Waals surface area (Å²) in [5.41, 5.74) is 1.24. The maximum absolute atomic E-state index is 4.86. The Hall–Kier alpha value is -0.640. The molecule has 1 aromatic heterocycles. The first-order valence-electron chi connectivity index (χ1n) is 7.10. The molecule has 3 rings (SSSR count). The minimum Gasteiger partial charge on any atom is -0.369 e. The molecule has 2 aliphatic rings. The van der Waals surface area contributed by atoms with E-state index < -0.39 is 0 Å². The van der Waals surface area contributed by atoms with E-state index in [2.05, 4.69) is 28.2 Å². The minimum absolute atomic E-state index is 0.591. The van der Waals surface area contributed by atoms with E-state index in [0.717, 1.165) is 22.7 Å². The standard InChI is InChI=1S/C14H20BrN3/c1-2-16-14-11(15)12(9-7-8-9)17-13(18-14)10-5-3-4-6-10/h9-10H,2-8H2,1H3,(H,16,17,18). The Balaban J connectivity index is 1.97. The van der Waals surface area contributed by atoms with Gasteiger partial charge in [0, 0.05) is 18.4 Å². The fourth-order valence-corrected chi connectivity index (χ4v) is 3.40. The molecular formula is C14H20BrN3. The van der Waals surface area contributed by atoms with Crippen molar-refractivity contribution in [3.8, 4) is 0 Å². The van der Waals surface area contributed by atoms with Gasteiger partial charge in [0.2, 0.25) is 0 Å². The van der Waals surface area contributed by atoms with Crippen LogP contribution < -0.4 is 5.32 Å². The van der Waals surface area contributed by atoms with Gasteiger partial charge in [0.1, 0.15) is 11.6 Å². The van der Waals surface area contributed by atoms with Crippen LogP contribution in [0.15, 0.2) is 4.47 Å². The van der Waals surface area contributed by atoms with Gasteiger partial charge in [-0.3, -0.25) is 0 Å². The minimum atomic E-state index is 0.591. The summed E-state index contributed by atoms with van der Waals surface area (Å²) in [4.78, 5) is 9.61. The van der Waals surface area contributed by atoms with Crippen LogP contribution in [0.4, 0.5) is 5.82 Å². The fourth-order valence-electron chi connectivity index (χ4n) is 2.76. The average molecular weight is 310 g/mol. The summed E-state index contributed by atoms with van der Waals surface area (Å²) in [6, 6.07) is 0. The van der Waals surface area contributed by atoms with E-state index in [9.17, 15) is 0 Å². The van der Waals surface area contributed by atoms with Gasteiger partial charge in [-0.05, 0) is 48.5 Å². The third-order valence-electron chi connectivity index (χ3n) is 3.92. The summed E-state index contributed by atoms with van der Waals surface area (Å²) in [5.74, 6) is 3.33. The van der Waals surface area contributed by atoms with E-state index >= 15 is 0 Å². The molecule has 0 aromatic carbocycles. The summed E-state index contributed by atoms with van der Waals surface area (Å²) in [6.45, 7) is 3.02. The zero-order valence-corrected chi connectivity index (χ0v) is 12.5. The molecule has 0 saturated heterocycles. The summed E-state index contributed by atoms with van der Waals surface area (Å²) in [5, 5.41) is 3.36. The predicted octanol–water partition coefficient (Wildman–Crippen LogP) is 4.21. The Kier molecular flexibility index (Phi) is 3.55. The zero-order chi connectivity index (χ0) is 12.5. The molecule has 0 amide bonds. The van der Waals surface area contributed by atoms with Crippen molar-refractivity contribution in [2.45, 2.75) is 57.3 Å². The van der Waals surface area contributed by atoms with Crippen molar-refractivity contribution in [1.29, 1.82) is 0 Å². The summed E-state index contributed by atoms with van der Waals surface area (Å²) >= 11 is 3.68. The number of rotatable bonds is 4. The highest BCUT2D eigenvalue weighted by molar-refractivity contribution is 9.10. The highest BCUT2D eigenvalue weighted by Crippen LogP contribution is 2.45. The molecule has 0 aliphatic heterocycles. The van der Waals surface area contributed by atoms with Gasteiger partial charge in [-0.15, -0.1) is 0 Å². The van der Waals surface area contributed by atoms with Gasteiger partial charge in [-0.2, -0.15) is 0 Å². The first kappa shape index (κ1) is 12.4. The lowest BCUT2D eigenvalue weighted by molar-refractivity contribution is 0.660. The quantitative estimate of drug-likeness (QED) is 0.905. The van der Waals surface area contributed by atoms with E-state index in [4.69, 9.17) is 9.97 Å². The van der Waals surface area contributed by atoms with Gasteiger partial charge in [0.15, 0.2) is 0 Å². The van der Waals surface area contributed by atoms with E-state index in [1.807, 2.05) is 0 Å². The van der Waals surface area contributed by atoms with Crippen molar-refractivity contribution < 1.29 is 0 Å². The zero-order valence-electron chi connectivity index (χ0n) is 10.9. The molecule has 4 heteroatoms. The lowest BCUT2D eigenvalue weighted by Crippen LogP contribution is -2.09. The number of hydrogen-bond donors (Lipinski definition) is 1. The van der Waals surface area contributed by atoms with Crippen molar-refractivity contribution in [3.63, 3.8) is 0 Å². The summed E-state index contributed by atoms with van der Waals surface area (Å²) < 4.78 is 1.09. The van der Waals surface area contributed by atoms with Crippen LogP contribution in [0.5, 0.6) is 0 Å². The third-order valence-corrected chi connectivity index (χ3v) is 4.70.